The number of aromatic nitrogens is 2. The molecule has 1 aromatic heterocycles. The normalized spacial score (nSPS) is 10.7. The van der Waals surface area contributed by atoms with Crippen LogP contribution in [-0.4, -0.2) is 35.9 Å². The molecule has 0 saturated carbocycles. The van der Waals surface area contributed by atoms with Crippen molar-refractivity contribution in [3.05, 3.63) is 30.0 Å². The Hall–Kier alpha value is -1.88. The van der Waals surface area contributed by atoms with E-state index >= 15 is 0 Å². The quantitative estimate of drug-likeness (QED) is 0.764. The first-order chi connectivity index (χ1) is 8.83. The average molecular weight is 247 g/mol. The maximum Gasteiger partial charge on any atom is 0.272 e. The largest absolute Gasteiger partial charge is 0.382 e. The van der Waals surface area contributed by atoms with Gasteiger partial charge in [0.05, 0.1) is 5.52 Å². The van der Waals surface area contributed by atoms with Crippen LogP contribution in [0.1, 0.15) is 23.8 Å². The number of para-hydroxylation sites is 1. The Bertz CT molecular complexity index is 522. The van der Waals surface area contributed by atoms with Crippen LogP contribution >= 0.6 is 0 Å². The van der Waals surface area contributed by atoms with E-state index in [-0.39, 0.29) is 5.91 Å². The Morgan fingerprint density at radius 2 is 2.28 bits per heavy atom. The minimum absolute atomic E-state index is 0.149. The predicted molar refractivity (Wildman–Crippen MR) is 69.5 cm³/mol. The van der Waals surface area contributed by atoms with Crippen LogP contribution in [0.2, 0.25) is 0 Å². The first-order valence-electron chi connectivity index (χ1n) is 6.12. The summed E-state index contributed by atoms with van der Waals surface area (Å²) in [5, 5.41) is 10.6. The fourth-order valence-corrected chi connectivity index (χ4v) is 1.74. The summed E-state index contributed by atoms with van der Waals surface area (Å²) in [7, 11) is 0. The number of ether oxygens (including phenoxy) is 1. The lowest BCUT2D eigenvalue weighted by Crippen LogP contribution is -2.25. The van der Waals surface area contributed by atoms with Crippen molar-refractivity contribution in [2.45, 2.75) is 13.3 Å². The summed E-state index contributed by atoms with van der Waals surface area (Å²) < 4.78 is 5.20. The SMILES string of the molecule is CCOCCCNC(=O)c1n[nH]c2ccccc12. The van der Waals surface area contributed by atoms with Crippen molar-refractivity contribution in [3.63, 3.8) is 0 Å². The van der Waals surface area contributed by atoms with Gasteiger partial charge in [0.2, 0.25) is 0 Å². The highest BCUT2D eigenvalue weighted by molar-refractivity contribution is 6.04. The maximum absolute atomic E-state index is 11.9. The minimum Gasteiger partial charge on any atom is -0.382 e. The number of hydrogen-bond acceptors (Lipinski definition) is 3. The number of carbonyl (C=O) groups is 1. The Balaban J connectivity index is 1.93. The third-order valence-electron chi connectivity index (χ3n) is 2.64. The van der Waals surface area contributed by atoms with Gasteiger partial charge in [-0.2, -0.15) is 5.10 Å². The molecule has 1 amide bonds. The van der Waals surface area contributed by atoms with Gasteiger partial charge in [0.1, 0.15) is 0 Å². The number of aromatic amines is 1. The van der Waals surface area contributed by atoms with Crippen LogP contribution in [0.25, 0.3) is 10.9 Å². The monoisotopic (exact) mass is 247 g/mol. The minimum atomic E-state index is -0.149. The fraction of sp³-hybridized carbons (Fsp3) is 0.385. The van der Waals surface area contributed by atoms with Crippen LogP contribution in [0.3, 0.4) is 0 Å². The average Bonchev–Trinajstić information content (AvgIpc) is 2.82. The Kier molecular flexibility index (Phi) is 4.30. The van der Waals surface area contributed by atoms with Gasteiger partial charge >= 0.3 is 0 Å². The van der Waals surface area contributed by atoms with E-state index in [1.165, 1.54) is 0 Å². The zero-order valence-electron chi connectivity index (χ0n) is 10.4. The molecule has 0 atom stereocenters. The maximum atomic E-state index is 11.9. The van der Waals surface area contributed by atoms with Gasteiger partial charge in [-0.1, -0.05) is 18.2 Å². The van der Waals surface area contributed by atoms with Crippen LogP contribution in [0.5, 0.6) is 0 Å². The van der Waals surface area contributed by atoms with Gasteiger partial charge in [0, 0.05) is 25.1 Å². The van der Waals surface area contributed by atoms with Crippen molar-refractivity contribution in [2.24, 2.45) is 0 Å². The van der Waals surface area contributed by atoms with Crippen molar-refractivity contribution in [1.29, 1.82) is 0 Å². The summed E-state index contributed by atoms with van der Waals surface area (Å²) in [6, 6.07) is 7.58. The molecular weight excluding hydrogens is 230 g/mol. The molecule has 5 heteroatoms. The molecule has 2 aromatic rings. The first kappa shape index (κ1) is 12.6. The summed E-state index contributed by atoms with van der Waals surface area (Å²) in [5.41, 5.74) is 1.32. The van der Waals surface area contributed by atoms with Crippen molar-refractivity contribution < 1.29 is 9.53 Å². The molecule has 2 N–H and O–H groups in total. The first-order valence-corrected chi connectivity index (χ1v) is 6.12. The zero-order valence-corrected chi connectivity index (χ0v) is 10.4. The van der Waals surface area contributed by atoms with E-state index in [1.807, 2.05) is 31.2 Å². The van der Waals surface area contributed by atoms with Crippen LogP contribution in [0, 0.1) is 0 Å². The molecule has 1 heterocycles. The summed E-state index contributed by atoms with van der Waals surface area (Å²) in [4.78, 5) is 11.9. The molecule has 0 spiro atoms. The van der Waals surface area contributed by atoms with E-state index in [4.69, 9.17) is 4.74 Å². The number of H-pyrrole nitrogens is 1. The number of amides is 1. The van der Waals surface area contributed by atoms with Crippen LogP contribution in [-0.2, 0) is 4.74 Å². The molecule has 0 unspecified atom stereocenters. The lowest BCUT2D eigenvalue weighted by atomic mass is 10.2. The molecule has 0 bridgehead atoms. The van der Waals surface area contributed by atoms with E-state index in [0.29, 0.717) is 25.5 Å². The zero-order chi connectivity index (χ0) is 12.8. The number of carbonyl (C=O) groups excluding carboxylic acids is 1. The lowest BCUT2D eigenvalue weighted by molar-refractivity contribution is 0.0941. The number of fused-ring (bicyclic) bond motifs is 1. The second-order valence-electron chi connectivity index (χ2n) is 3.92. The molecule has 0 aliphatic rings. The van der Waals surface area contributed by atoms with Crippen molar-refractivity contribution in [1.82, 2.24) is 15.5 Å². The molecule has 5 nitrogen and oxygen atoms in total. The van der Waals surface area contributed by atoms with Gasteiger partial charge in [-0.05, 0) is 19.4 Å². The Morgan fingerprint density at radius 1 is 1.44 bits per heavy atom. The molecule has 0 saturated heterocycles. The van der Waals surface area contributed by atoms with Gasteiger partial charge < -0.3 is 10.1 Å². The Morgan fingerprint density at radius 3 is 3.11 bits per heavy atom. The van der Waals surface area contributed by atoms with Crippen LogP contribution < -0.4 is 5.32 Å². The number of nitrogens with zero attached hydrogens (tertiary/aromatic N) is 1. The number of benzene rings is 1. The van der Waals surface area contributed by atoms with E-state index in [0.717, 1.165) is 17.3 Å². The van der Waals surface area contributed by atoms with Gasteiger partial charge in [-0.3, -0.25) is 9.89 Å². The number of hydrogen-bond donors (Lipinski definition) is 2. The molecule has 96 valence electrons. The standard InChI is InChI=1S/C13H17N3O2/c1-2-18-9-5-8-14-13(17)12-10-6-3-4-7-11(10)15-16-12/h3-4,6-7H,2,5,8-9H2,1H3,(H,14,17)(H,15,16). The third-order valence-corrected chi connectivity index (χ3v) is 2.64. The number of rotatable bonds is 6. The van der Waals surface area contributed by atoms with Crippen LogP contribution in [0.15, 0.2) is 24.3 Å². The molecule has 0 aliphatic carbocycles. The lowest BCUT2D eigenvalue weighted by Gasteiger charge is -2.03. The molecule has 1 aromatic carbocycles. The molecule has 2 rings (SSSR count). The van der Waals surface area contributed by atoms with Gasteiger partial charge in [-0.15, -0.1) is 0 Å². The molecular formula is C13H17N3O2. The van der Waals surface area contributed by atoms with E-state index in [2.05, 4.69) is 15.5 Å². The summed E-state index contributed by atoms with van der Waals surface area (Å²) in [6.45, 7) is 3.92. The highest BCUT2D eigenvalue weighted by Crippen LogP contribution is 2.14. The second-order valence-corrected chi connectivity index (χ2v) is 3.92. The summed E-state index contributed by atoms with van der Waals surface area (Å²) >= 11 is 0. The molecule has 0 radical (unpaired) electrons. The van der Waals surface area contributed by atoms with Crippen molar-refractivity contribution in [3.8, 4) is 0 Å². The molecule has 0 aliphatic heterocycles. The smallest absolute Gasteiger partial charge is 0.272 e. The van der Waals surface area contributed by atoms with E-state index in [1.54, 1.807) is 0 Å². The van der Waals surface area contributed by atoms with E-state index < -0.39 is 0 Å². The van der Waals surface area contributed by atoms with Gasteiger partial charge in [-0.25, -0.2) is 0 Å². The molecule has 0 fully saturated rings. The Labute approximate surface area is 106 Å². The second kappa shape index (κ2) is 6.16. The van der Waals surface area contributed by atoms with E-state index in [9.17, 15) is 4.79 Å². The summed E-state index contributed by atoms with van der Waals surface area (Å²) in [6.07, 6.45) is 0.807. The predicted octanol–water partition coefficient (Wildman–Crippen LogP) is 1.72. The third kappa shape index (κ3) is 2.87. The summed E-state index contributed by atoms with van der Waals surface area (Å²) in [5.74, 6) is -0.149. The van der Waals surface area contributed by atoms with Crippen molar-refractivity contribution >= 4 is 16.8 Å². The van der Waals surface area contributed by atoms with Gasteiger partial charge in [0.15, 0.2) is 5.69 Å². The highest BCUT2D eigenvalue weighted by atomic mass is 16.5. The van der Waals surface area contributed by atoms with Crippen LogP contribution in [0.4, 0.5) is 0 Å². The highest BCUT2D eigenvalue weighted by Gasteiger charge is 2.12. The number of nitrogens with one attached hydrogen (secondary N) is 2. The topological polar surface area (TPSA) is 67.0 Å². The molecule has 18 heavy (non-hydrogen) atoms. The van der Waals surface area contributed by atoms with Crippen molar-refractivity contribution in [2.75, 3.05) is 19.8 Å². The van der Waals surface area contributed by atoms with Gasteiger partial charge in [0.25, 0.3) is 5.91 Å². The fourth-order valence-electron chi connectivity index (χ4n) is 1.74.